The van der Waals surface area contributed by atoms with E-state index in [-0.39, 0.29) is 5.41 Å². The maximum atomic E-state index is 13.1. The number of ether oxygens (including phenoxy) is 1. The molecule has 0 saturated carbocycles. The molecule has 6 rings (SSSR count). The van der Waals surface area contributed by atoms with Crippen LogP contribution in [0.1, 0.15) is 55.0 Å². The topological polar surface area (TPSA) is 62.6 Å². The standard InChI is InChI=1S/C36H42ClN5O2/c1-2-41-21-9-14-32(41)24-38-35(43)44-34-33(39-27-42(34)25-28-15-17-31(37)18-16-28)26-40-22-19-36(20-23-40,29-10-5-3-6-11-29)30-12-7-4-8-13-30/h3-8,10-13,15-18,27,32H,2,9,14,19-26H2,1H3,(H,38,43). The number of rotatable bonds is 10. The summed E-state index contributed by atoms with van der Waals surface area (Å²) in [6.45, 7) is 7.80. The van der Waals surface area contributed by atoms with Crippen LogP contribution in [-0.4, -0.2) is 64.2 Å². The molecule has 8 heteroatoms. The average molecular weight is 612 g/mol. The third-order valence-electron chi connectivity index (χ3n) is 9.44. The molecule has 1 N–H and O–H groups in total. The molecule has 1 amide bonds. The van der Waals surface area contributed by atoms with E-state index in [4.69, 9.17) is 21.3 Å². The van der Waals surface area contributed by atoms with Crippen molar-refractivity contribution in [3.63, 3.8) is 0 Å². The second kappa shape index (κ2) is 14.0. The van der Waals surface area contributed by atoms with Gasteiger partial charge in [0.25, 0.3) is 0 Å². The number of nitrogens with one attached hydrogen (secondary N) is 1. The molecule has 3 heterocycles. The lowest BCUT2D eigenvalue weighted by atomic mass is 9.68. The fourth-order valence-electron chi connectivity index (χ4n) is 6.97. The number of hydrogen-bond donors (Lipinski definition) is 1. The fourth-order valence-corrected chi connectivity index (χ4v) is 7.09. The third kappa shape index (κ3) is 6.85. The minimum Gasteiger partial charge on any atom is -0.391 e. The van der Waals surface area contributed by atoms with Crippen molar-refractivity contribution in [1.29, 1.82) is 0 Å². The highest BCUT2D eigenvalue weighted by atomic mass is 35.5. The van der Waals surface area contributed by atoms with Gasteiger partial charge >= 0.3 is 6.09 Å². The van der Waals surface area contributed by atoms with Gasteiger partial charge in [0, 0.05) is 29.6 Å². The van der Waals surface area contributed by atoms with Gasteiger partial charge in [0.1, 0.15) is 5.69 Å². The summed E-state index contributed by atoms with van der Waals surface area (Å²) in [5, 5.41) is 3.72. The molecule has 0 spiro atoms. The van der Waals surface area contributed by atoms with Gasteiger partial charge in [-0.3, -0.25) is 14.4 Å². The number of carbonyl (C=O) groups is 1. The van der Waals surface area contributed by atoms with Crippen LogP contribution in [-0.2, 0) is 18.5 Å². The van der Waals surface area contributed by atoms with Gasteiger partial charge < -0.3 is 10.1 Å². The van der Waals surface area contributed by atoms with Crippen LogP contribution < -0.4 is 10.1 Å². The van der Waals surface area contributed by atoms with Gasteiger partial charge in [0.2, 0.25) is 5.88 Å². The maximum Gasteiger partial charge on any atom is 0.414 e. The van der Waals surface area contributed by atoms with E-state index in [0.717, 1.165) is 56.7 Å². The van der Waals surface area contributed by atoms with Gasteiger partial charge in [-0.1, -0.05) is 91.3 Å². The SMILES string of the molecule is CCN1CCCC1CNC(=O)Oc1c(CN2CCC(c3ccccc3)(c3ccccc3)CC2)ncn1Cc1ccc(Cl)cc1. The number of likely N-dealkylation sites (N-methyl/N-ethyl adjacent to an activating group) is 1. The van der Waals surface area contributed by atoms with Gasteiger partial charge in [0.15, 0.2) is 0 Å². The van der Waals surface area contributed by atoms with Crippen LogP contribution >= 0.6 is 11.6 Å². The number of imidazole rings is 1. The van der Waals surface area contributed by atoms with Crippen molar-refractivity contribution < 1.29 is 9.53 Å². The Balaban J connectivity index is 1.18. The predicted molar refractivity (Wildman–Crippen MR) is 175 cm³/mol. The van der Waals surface area contributed by atoms with Gasteiger partial charge in [0.05, 0.1) is 12.9 Å². The van der Waals surface area contributed by atoms with Crippen molar-refractivity contribution in [3.05, 3.63) is 119 Å². The number of halogens is 1. The molecule has 230 valence electrons. The van der Waals surface area contributed by atoms with Crippen molar-refractivity contribution in [1.82, 2.24) is 24.7 Å². The van der Waals surface area contributed by atoms with Crippen molar-refractivity contribution in [3.8, 4) is 5.88 Å². The lowest BCUT2D eigenvalue weighted by Gasteiger charge is -2.42. The Hall–Kier alpha value is -3.65. The molecule has 0 aliphatic carbocycles. The van der Waals surface area contributed by atoms with Crippen LogP contribution in [0.15, 0.2) is 91.3 Å². The van der Waals surface area contributed by atoms with E-state index in [0.29, 0.717) is 36.6 Å². The van der Waals surface area contributed by atoms with E-state index in [9.17, 15) is 4.79 Å². The Morgan fingerprint density at radius 2 is 1.59 bits per heavy atom. The normalized spacial score (nSPS) is 18.7. The molecule has 2 saturated heterocycles. The first kappa shape index (κ1) is 30.4. The van der Waals surface area contributed by atoms with E-state index in [1.807, 2.05) is 28.8 Å². The van der Waals surface area contributed by atoms with Crippen molar-refractivity contribution in [2.45, 2.75) is 57.2 Å². The van der Waals surface area contributed by atoms with Crippen LogP contribution in [0.3, 0.4) is 0 Å². The number of aromatic nitrogens is 2. The monoisotopic (exact) mass is 611 g/mol. The van der Waals surface area contributed by atoms with E-state index in [1.54, 1.807) is 6.33 Å². The Morgan fingerprint density at radius 3 is 2.23 bits per heavy atom. The fraction of sp³-hybridized carbons (Fsp3) is 0.389. The number of piperidine rings is 1. The van der Waals surface area contributed by atoms with E-state index < -0.39 is 6.09 Å². The number of benzene rings is 3. The molecular weight excluding hydrogens is 570 g/mol. The van der Waals surface area contributed by atoms with Crippen molar-refractivity contribution in [2.75, 3.05) is 32.7 Å². The molecule has 3 aromatic carbocycles. The minimum atomic E-state index is -0.433. The first-order valence-electron chi connectivity index (χ1n) is 15.9. The summed E-state index contributed by atoms with van der Waals surface area (Å²) in [6.07, 6.45) is 5.61. The average Bonchev–Trinajstić information content (AvgIpc) is 3.68. The molecular formula is C36H42ClN5O2. The molecule has 1 aromatic heterocycles. The number of hydrogen-bond acceptors (Lipinski definition) is 5. The van der Waals surface area contributed by atoms with Gasteiger partial charge in [-0.2, -0.15) is 0 Å². The Kier molecular flexibility index (Phi) is 9.65. The summed E-state index contributed by atoms with van der Waals surface area (Å²) in [4.78, 5) is 22.8. The van der Waals surface area contributed by atoms with Gasteiger partial charge in [-0.25, -0.2) is 9.78 Å². The van der Waals surface area contributed by atoms with Crippen LogP contribution in [0.2, 0.25) is 5.02 Å². The molecule has 7 nitrogen and oxygen atoms in total. The molecule has 4 aromatic rings. The molecule has 1 unspecified atom stereocenters. The number of nitrogens with zero attached hydrogens (tertiary/aromatic N) is 4. The Labute approximate surface area is 265 Å². The summed E-state index contributed by atoms with van der Waals surface area (Å²) >= 11 is 6.13. The molecule has 2 fully saturated rings. The Bertz CT molecular complexity index is 1460. The number of amides is 1. The van der Waals surface area contributed by atoms with E-state index in [2.05, 4.69) is 82.7 Å². The summed E-state index contributed by atoms with van der Waals surface area (Å²) in [5.41, 5.74) is 4.53. The smallest absolute Gasteiger partial charge is 0.391 e. The molecule has 1 atom stereocenters. The van der Waals surface area contributed by atoms with Crippen molar-refractivity contribution >= 4 is 17.7 Å². The predicted octanol–water partition coefficient (Wildman–Crippen LogP) is 6.74. The van der Waals surface area contributed by atoms with Crippen LogP contribution in [0, 0.1) is 0 Å². The lowest BCUT2D eigenvalue weighted by Crippen LogP contribution is -2.43. The zero-order chi connectivity index (χ0) is 30.4. The van der Waals surface area contributed by atoms with Gasteiger partial charge in [-0.15, -0.1) is 0 Å². The van der Waals surface area contributed by atoms with Crippen LogP contribution in [0.5, 0.6) is 5.88 Å². The lowest BCUT2D eigenvalue weighted by molar-refractivity contribution is 0.166. The maximum absolute atomic E-state index is 13.1. The van der Waals surface area contributed by atoms with Crippen molar-refractivity contribution in [2.24, 2.45) is 0 Å². The summed E-state index contributed by atoms with van der Waals surface area (Å²) in [6, 6.07) is 29.9. The Morgan fingerprint density at radius 1 is 0.932 bits per heavy atom. The quantitative estimate of drug-likeness (QED) is 0.215. The number of carbonyl (C=O) groups excluding carboxylic acids is 1. The summed E-state index contributed by atoms with van der Waals surface area (Å²) in [7, 11) is 0. The van der Waals surface area contributed by atoms with E-state index >= 15 is 0 Å². The second-order valence-electron chi connectivity index (χ2n) is 12.0. The third-order valence-corrected chi connectivity index (χ3v) is 9.69. The van der Waals surface area contributed by atoms with Crippen LogP contribution in [0.25, 0.3) is 0 Å². The highest BCUT2D eigenvalue weighted by Gasteiger charge is 2.38. The molecule has 0 bridgehead atoms. The largest absolute Gasteiger partial charge is 0.414 e. The van der Waals surface area contributed by atoms with Gasteiger partial charge in [-0.05, 0) is 80.7 Å². The summed E-state index contributed by atoms with van der Waals surface area (Å²) in [5.74, 6) is 0.499. The minimum absolute atomic E-state index is 0.0290. The molecule has 2 aliphatic rings. The summed E-state index contributed by atoms with van der Waals surface area (Å²) < 4.78 is 7.97. The zero-order valence-corrected chi connectivity index (χ0v) is 26.3. The second-order valence-corrected chi connectivity index (χ2v) is 12.5. The molecule has 44 heavy (non-hydrogen) atoms. The van der Waals surface area contributed by atoms with E-state index in [1.165, 1.54) is 17.5 Å². The van der Waals surface area contributed by atoms with Crippen LogP contribution in [0.4, 0.5) is 4.79 Å². The highest BCUT2D eigenvalue weighted by Crippen LogP contribution is 2.42. The zero-order valence-electron chi connectivity index (χ0n) is 25.5. The molecule has 0 radical (unpaired) electrons. The number of likely N-dealkylation sites (tertiary alicyclic amines) is 2. The first-order chi connectivity index (χ1) is 21.5. The highest BCUT2D eigenvalue weighted by molar-refractivity contribution is 6.30. The first-order valence-corrected chi connectivity index (χ1v) is 16.2. The molecule has 2 aliphatic heterocycles.